The summed E-state index contributed by atoms with van der Waals surface area (Å²) in [7, 11) is 0. The van der Waals surface area contributed by atoms with Crippen molar-refractivity contribution in [3.63, 3.8) is 0 Å². The summed E-state index contributed by atoms with van der Waals surface area (Å²) in [5, 5.41) is 16.9. The summed E-state index contributed by atoms with van der Waals surface area (Å²) in [5.41, 5.74) is 0. The average Bonchev–Trinajstić information content (AvgIpc) is 2.27. The van der Waals surface area contributed by atoms with Gasteiger partial charge in [-0.3, -0.25) is 4.90 Å². The molecule has 4 heteroatoms. The standard InChI is InChI=1S/C11H18N4/c12-4-2-1-3-6-14-8-10-15(7-5-13)11-9-14/h1-3,6-11H2. The monoisotopic (exact) mass is 206 g/mol. The van der Waals surface area contributed by atoms with Crippen LogP contribution in [0.2, 0.25) is 0 Å². The molecule has 1 heterocycles. The third kappa shape index (κ3) is 4.78. The topological polar surface area (TPSA) is 54.1 Å². The van der Waals surface area contributed by atoms with Crippen molar-refractivity contribution in [1.29, 1.82) is 10.5 Å². The van der Waals surface area contributed by atoms with Gasteiger partial charge >= 0.3 is 0 Å². The SMILES string of the molecule is N#CCCCCN1CCN(CC#N)CC1. The Morgan fingerprint density at radius 2 is 1.53 bits per heavy atom. The smallest absolute Gasteiger partial charge is 0.0866 e. The summed E-state index contributed by atoms with van der Waals surface area (Å²) < 4.78 is 0. The van der Waals surface area contributed by atoms with Crippen molar-refractivity contribution >= 4 is 0 Å². The van der Waals surface area contributed by atoms with E-state index in [0.29, 0.717) is 13.0 Å². The number of piperazine rings is 1. The van der Waals surface area contributed by atoms with Gasteiger partial charge in [0.25, 0.3) is 0 Å². The van der Waals surface area contributed by atoms with Crippen LogP contribution in [0.15, 0.2) is 0 Å². The van der Waals surface area contributed by atoms with Crippen LogP contribution in [0.5, 0.6) is 0 Å². The lowest BCUT2D eigenvalue weighted by molar-refractivity contribution is 0.142. The minimum Gasteiger partial charge on any atom is -0.301 e. The molecule has 0 spiro atoms. The van der Waals surface area contributed by atoms with E-state index in [-0.39, 0.29) is 0 Å². The Hall–Kier alpha value is -1.10. The lowest BCUT2D eigenvalue weighted by atomic mass is 10.2. The van der Waals surface area contributed by atoms with Gasteiger partial charge in [0.05, 0.1) is 18.7 Å². The quantitative estimate of drug-likeness (QED) is 0.493. The van der Waals surface area contributed by atoms with E-state index in [0.717, 1.165) is 45.6 Å². The molecule has 0 atom stereocenters. The predicted molar refractivity (Wildman–Crippen MR) is 58.0 cm³/mol. The van der Waals surface area contributed by atoms with Gasteiger partial charge < -0.3 is 4.90 Å². The third-order valence-electron chi connectivity index (χ3n) is 2.77. The van der Waals surface area contributed by atoms with Gasteiger partial charge in [0.2, 0.25) is 0 Å². The maximum absolute atomic E-state index is 8.55. The van der Waals surface area contributed by atoms with Gasteiger partial charge in [-0.2, -0.15) is 10.5 Å². The number of unbranched alkanes of at least 4 members (excludes halogenated alkanes) is 2. The van der Waals surface area contributed by atoms with Crippen LogP contribution < -0.4 is 0 Å². The van der Waals surface area contributed by atoms with E-state index in [1.165, 1.54) is 0 Å². The van der Waals surface area contributed by atoms with Crippen molar-refractivity contribution in [3.8, 4) is 12.1 Å². The number of rotatable bonds is 5. The van der Waals surface area contributed by atoms with Crippen molar-refractivity contribution < 1.29 is 0 Å². The fraction of sp³-hybridized carbons (Fsp3) is 0.818. The van der Waals surface area contributed by atoms with Crippen molar-refractivity contribution in [2.24, 2.45) is 0 Å². The molecule has 0 aromatic rings. The Bertz CT molecular complexity index is 240. The lowest BCUT2D eigenvalue weighted by Gasteiger charge is -2.33. The second-order valence-corrected chi connectivity index (χ2v) is 3.89. The van der Waals surface area contributed by atoms with E-state index in [9.17, 15) is 0 Å². The lowest BCUT2D eigenvalue weighted by Crippen LogP contribution is -2.46. The molecule has 1 aliphatic rings. The van der Waals surface area contributed by atoms with Gasteiger partial charge in [-0.25, -0.2) is 0 Å². The van der Waals surface area contributed by atoms with Crippen LogP contribution in [0.1, 0.15) is 19.3 Å². The minimum atomic E-state index is 0.558. The molecule has 1 rings (SSSR count). The van der Waals surface area contributed by atoms with Crippen LogP contribution in [0, 0.1) is 22.7 Å². The number of nitrogens with zero attached hydrogens (tertiary/aromatic N) is 4. The molecular formula is C11H18N4. The number of nitriles is 2. The summed E-state index contributed by atoms with van der Waals surface area (Å²) in [5.74, 6) is 0. The molecule has 0 radical (unpaired) electrons. The largest absolute Gasteiger partial charge is 0.301 e. The van der Waals surface area contributed by atoms with Crippen LogP contribution in [0.4, 0.5) is 0 Å². The van der Waals surface area contributed by atoms with Crippen molar-refractivity contribution in [2.75, 3.05) is 39.3 Å². The molecule has 0 aromatic carbocycles. The summed E-state index contributed by atoms with van der Waals surface area (Å²) in [4.78, 5) is 4.61. The molecule has 0 bridgehead atoms. The highest BCUT2D eigenvalue weighted by Gasteiger charge is 2.15. The fourth-order valence-electron chi connectivity index (χ4n) is 1.81. The van der Waals surface area contributed by atoms with E-state index >= 15 is 0 Å². The highest BCUT2D eigenvalue weighted by molar-refractivity contribution is 4.80. The first-order valence-corrected chi connectivity index (χ1v) is 5.55. The second-order valence-electron chi connectivity index (χ2n) is 3.89. The van der Waals surface area contributed by atoms with E-state index in [4.69, 9.17) is 10.5 Å². The zero-order valence-corrected chi connectivity index (χ0v) is 9.15. The van der Waals surface area contributed by atoms with Gasteiger partial charge in [0.15, 0.2) is 0 Å². The second kappa shape index (κ2) is 7.23. The zero-order valence-electron chi connectivity index (χ0n) is 9.15. The van der Waals surface area contributed by atoms with Crippen LogP contribution in [0.3, 0.4) is 0 Å². The first-order chi connectivity index (χ1) is 7.36. The molecule has 15 heavy (non-hydrogen) atoms. The Labute approximate surface area is 91.7 Å². The Morgan fingerprint density at radius 3 is 2.13 bits per heavy atom. The van der Waals surface area contributed by atoms with Crippen molar-refractivity contribution in [2.45, 2.75) is 19.3 Å². The molecule has 0 N–H and O–H groups in total. The molecule has 82 valence electrons. The first kappa shape index (κ1) is 12.0. The van der Waals surface area contributed by atoms with Crippen molar-refractivity contribution in [1.82, 2.24) is 9.80 Å². The van der Waals surface area contributed by atoms with E-state index in [2.05, 4.69) is 21.9 Å². The van der Waals surface area contributed by atoms with Crippen LogP contribution >= 0.6 is 0 Å². The van der Waals surface area contributed by atoms with E-state index in [1.807, 2.05) is 0 Å². The summed E-state index contributed by atoms with van der Waals surface area (Å²) >= 11 is 0. The highest BCUT2D eigenvalue weighted by atomic mass is 15.3. The third-order valence-corrected chi connectivity index (χ3v) is 2.77. The average molecular weight is 206 g/mol. The van der Waals surface area contributed by atoms with Gasteiger partial charge in [-0.05, 0) is 19.4 Å². The predicted octanol–water partition coefficient (Wildman–Crippen LogP) is 0.821. The Balaban J connectivity index is 2.05. The molecular weight excluding hydrogens is 188 g/mol. The minimum absolute atomic E-state index is 0.558. The normalized spacial score (nSPS) is 18.3. The summed E-state index contributed by atoms with van der Waals surface area (Å²) in [6.07, 6.45) is 2.80. The van der Waals surface area contributed by atoms with Crippen LogP contribution in [-0.2, 0) is 0 Å². The van der Waals surface area contributed by atoms with Crippen LogP contribution in [-0.4, -0.2) is 49.1 Å². The zero-order chi connectivity index (χ0) is 10.9. The fourth-order valence-corrected chi connectivity index (χ4v) is 1.81. The van der Waals surface area contributed by atoms with Crippen LogP contribution in [0.25, 0.3) is 0 Å². The molecule has 0 aliphatic carbocycles. The Kier molecular flexibility index (Phi) is 5.77. The summed E-state index contributed by atoms with van der Waals surface area (Å²) in [6, 6.07) is 4.35. The van der Waals surface area contributed by atoms with Gasteiger partial charge in [0.1, 0.15) is 0 Å². The molecule has 0 amide bonds. The molecule has 1 aliphatic heterocycles. The van der Waals surface area contributed by atoms with E-state index < -0.39 is 0 Å². The molecule has 4 nitrogen and oxygen atoms in total. The van der Waals surface area contributed by atoms with Crippen molar-refractivity contribution in [3.05, 3.63) is 0 Å². The maximum Gasteiger partial charge on any atom is 0.0866 e. The molecule has 0 unspecified atom stereocenters. The summed E-state index contributed by atoms with van der Waals surface area (Å²) in [6.45, 7) is 5.80. The Morgan fingerprint density at radius 1 is 0.867 bits per heavy atom. The molecule has 0 saturated carbocycles. The molecule has 0 aromatic heterocycles. The number of hydrogen-bond acceptors (Lipinski definition) is 4. The van der Waals surface area contributed by atoms with Gasteiger partial charge in [-0.1, -0.05) is 0 Å². The van der Waals surface area contributed by atoms with Gasteiger partial charge in [-0.15, -0.1) is 0 Å². The van der Waals surface area contributed by atoms with Gasteiger partial charge in [0, 0.05) is 32.6 Å². The van der Waals surface area contributed by atoms with E-state index in [1.54, 1.807) is 0 Å². The first-order valence-electron chi connectivity index (χ1n) is 5.55. The number of hydrogen-bond donors (Lipinski definition) is 0. The highest BCUT2D eigenvalue weighted by Crippen LogP contribution is 2.03. The maximum atomic E-state index is 8.55. The molecule has 1 fully saturated rings. The molecule has 1 saturated heterocycles.